The van der Waals surface area contributed by atoms with Crippen LogP contribution in [0.25, 0.3) is 0 Å². The molecule has 0 amide bonds. The van der Waals surface area contributed by atoms with Gasteiger partial charge < -0.3 is 39.7 Å². The maximum absolute atomic E-state index is 11.0. The van der Waals surface area contributed by atoms with Crippen LogP contribution in [0.3, 0.4) is 0 Å². The molecule has 0 radical (unpaired) electrons. The molecule has 1 aliphatic rings. The standard InChI is InChI=1S/C22H26O9/c1-29-15-9-14(21-20(26)19(25)18(24)17(10-23)31-21)16(30-2)8-13(15)7-11-3-5-12(6-4-11)22(27)28/h3-6,8-9,17-21,23-26H,7,10H2,1-2H3,(H,27,28)/t17-,18+,19+,20-,21+/m1/s1. The Balaban J connectivity index is 1.95. The molecule has 1 fully saturated rings. The molecule has 1 aliphatic heterocycles. The van der Waals surface area contributed by atoms with E-state index in [2.05, 4.69) is 0 Å². The summed E-state index contributed by atoms with van der Waals surface area (Å²) in [5, 5.41) is 49.1. The number of carboxylic acids is 1. The smallest absolute Gasteiger partial charge is 0.335 e. The third kappa shape index (κ3) is 4.65. The first-order chi connectivity index (χ1) is 14.8. The minimum atomic E-state index is -1.51. The summed E-state index contributed by atoms with van der Waals surface area (Å²) in [7, 11) is 2.93. The van der Waals surface area contributed by atoms with Gasteiger partial charge in [-0.05, 0) is 29.8 Å². The maximum atomic E-state index is 11.0. The number of hydrogen-bond acceptors (Lipinski definition) is 8. The molecule has 5 atom stereocenters. The fourth-order valence-corrected chi connectivity index (χ4v) is 3.69. The van der Waals surface area contributed by atoms with Gasteiger partial charge in [-0.25, -0.2) is 4.79 Å². The number of carboxylic acid groups (broad SMARTS) is 1. The minimum Gasteiger partial charge on any atom is -0.496 e. The second-order valence-electron chi connectivity index (χ2n) is 7.33. The van der Waals surface area contributed by atoms with Gasteiger partial charge in [0.25, 0.3) is 0 Å². The first-order valence-corrected chi connectivity index (χ1v) is 9.68. The van der Waals surface area contributed by atoms with Gasteiger partial charge in [0.2, 0.25) is 0 Å². The van der Waals surface area contributed by atoms with Gasteiger partial charge in [-0.2, -0.15) is 0 Å². The zero-order valence-corrected chi connectivity index (χ0v) is 17.1. The van der Waals surface area contributed by atoms with E-state index in [4.69, 9.17) is 19.3 Å². The Morgan fingerprint density at radius 3 is 2.16 bits per heavy atom. The summed E-state index contributed by atoms with van der Waals surface area (Å²) in [6, 6.07) is 9.78. The third-order valence-corrected chi connectivity index (χ3v) is 5.43. The van der Waals surface area contributed by atoms with Crippen LogP contribution in [0.1, 0.15) is 33.2 Å². The number of aromatic carboxylic acids is 1. The molecule has 2 aromatic rings. The van der Waals surface area contributed by atoms with Gasteiger partial charge in [0.05, 0.1) is 26.4 Å². The average Bonchev–Trinajstić information content (AvgIpc) is 2.78. The van der Waals surface area contributed by atoms with E-state index in [0.29, 0.717) is 23.5 Å². The molecule has 9 nitrogen and oxygen atoms in total. The van der Waals surface area contributed by atoms with E-state index < -0.39 is 43.1 Å². The highest BCUT2D eigenvalue weighted by molar-refractivity contribution is 5.87. The van der Waals surface area contributed by atoms with Gasteiger partial charge in [-0.1, -0.05) is 12.1 Å². The molecule has 5 N–H and O–H groups in total. The zero-order valence-electron chi connectivity index (χ0n) is 17.1. The summed E-state index contributed by atoms with van der Waals surface area (Å²) >= 11 is 0. The van der Waals surface area contributed by atoms with Crippen molar-refractivity contribution in [1.29, 1.82) is 0 Å². The monoisotopic (exact) mass is 434 g/mol. The molecule has 3 rings (SSSR count). The number of aliphatic hydroxyl groups is 4. The van der Waals surface area contributed by atoms with E-state index in [0.717, 1.165) is 11.1 Å². The van der Waals surface area contributed by atoms with Crippen molar-refractivity contribution in [2.45, 2.75) is 36.9 Å². The van der Waals surface area contributed by atoms with Gasteiger partial charge in [0.1, 0.15) is 42.0 Å². The first kappa shape index (κ1) is 23.0. The van der Waals surface area contributed by atoms with E-state index in [1.54, 1.807) is 24.3 Å². The predicted molar refractivity (Wildman–Crippen MR) is 108 cm³/mol. The number of benzene rings is 2. The summed E-state index contributed by atoms with van der Waals surface area (Å²) in [6.45, 7) is -0.536. The molecule has 0 aliphatic carbocycles. The Kier molecular flexibility index (Phi) is 7.14. The highest BCUT2D eigenvalue weighted by atomic mass is 16.5. The second-order valence-corrected chi connectivity index (χ2v) is 7.33. The molecule has 0 unspecified atom stereocenters. The molecule has 1 saturated heterocycles. The summed E-state index contributed by atoms with van der Waals surface area (Å²) < 4.78 is 16.6. The Bertz CT molecular complexity index is 910. The van der Waals surface area contributed by atoms with Crippen LogP contribution in [0.2, 0.25) is 0 Å². The molecule has 168 valence electrons. The average molecular weight is 434 g/mol. The van der Waals surface area contributed by atoms with Gasteiger partial charge >= 0.3 is 5.97 Å². The third-order valence-electron chi connectivity index (χ3n) is 5.43. The lowest BCUT2D eigenvalue weighted by Crippen LogP contribution is -2.55. The van der Waals surface area contributed by atoms with Crippen LogP contribution in [0.5, 0.6) is 11.5 Å². The van der Waals surface area contributed by atoms with Crippen LogP contribution in [-0.2, 0) is 11.2 Å². The zero-order chi connectivity index (χ0) is 22.7. The molecular weight excluding hydrogens is 408 g/mol. The Morgan fingerprint density at radius 1 is 0.968 bits per heavy atom. The predicted octanol–water partition coefficient (Wildman–Crippen LogP) is 0.508. The SMILES string of the molecule is COc1cc([C@@H]2O[C@H](CO)[C@H](O)[C@H](O)[C@H]2O)c(OC)cc1Cc1ccc(C(=O)O)cc1. The highest BCUT2D eigenvalue weighted by Gasteiger charge is 2.45. The summed E-state index contributed by atoms with van der Waals surface area (Å²) in [6.07, 6.45) is -6.12. The molecule has 0 bridgehead atoms. The number of hydrogen-bond donors (Lipinski definition) is 5. The number of methoxy groups -OCH3 is 2. The Hall–Kier alpha value is -2.69. The van der Waals surface area contributed by atoms with E-state index >= 15 is 0 Å². The maximum Gasteiger partial charge on any atom is 0.335 e. The van der Waals surface area contributed by atoms with Crippen LogP contribution >= 0.6 is 0 Å². The van der Waals surface area contributed by atoms with Crippen molar-refractivity contribution < 1.29 is 44.5 Å². The lowest BCUT2D eigenvalue weighted by atomic mass is 9.89. The fourth-order valence-electron chi connectivity index (χ4n) is 3.69. The van der Waals surface area contributed by atoms with E-state index in [-0.39, 0.29) is 5.56 Å². The molecule has 0 aromatic heterocycles. The number of carbonyl (C=O) groups is 1. The summed E-state index contributed by atoms with van der Waals surface area (Å²) in [5.74, 6) is -0.174. The van der Waals surface area contributed by atoms with Crippen molar-refractivity contribution in [3.63, 3.8) is 0 Å². The number of aliphatic hydroxyl groups excluding tert-OH is 4. The summed E-state index contributed by atoms with van der Waals surface area (Å²) in [5.41, 5.74) is 2.18. The highest BCUT2D eigenvalue weighted by Crippen LogP contribution is 2.40. The van der Waals surface area contributed by atoms with Crippen LogP contribution in [0.4, 0.5) is 0 Å². The first-order valence-electron chi connectivity index (χ1n) is 9.68. The van der Waals surface area contributed by atoms with Gasteiger partial charge in [0.15, 0.2) is 0 Å². The molecule has 9 heteroatoms. The van der Waals surface area contributed by atoms with Crippen LogP contribution in [-0.4, -0.2) is 76.7 Å². The van der Waals surface area contributed by atoms with E-state index in [1.807, 2.05) is 0 Å². The minimum absolute atomic E-state index is 0.186. The lowest BCUT2D eigenvalue weighted by Gasteiger charge is -2.40. The quantitative estimate of drug-likeness (QED) is 0.421. The molecule has 31 heavy (non-hydrogen) atoms. The second kappa shape index (κ2) is 9.63. The van der Waals surface area contributed by atoms with Crippen molar-refractivity contribution in [3.8, 4) is 11.5 Å². The van der Waals surface area contributed by atoms with Crippen LogP contribution in [0, 0.1) is 0 Å². The lowest BCUT2D eigenvalue weighted by molar-refractivity contribution is -0.232. The van der Waals surface area contributed by atoms with Gasteiger partial charge in [-0.3, -0.25) is 0 Å². The normalized spacial score (nSPS) is 25.8. The molecule has 1 heterocycles. The van der Waals surface area contributed by atoms with Crippen LogP contribution in [0.15, 0.2) is 36.4 Å². The molecule has 2 aromatic carbocycles. The molecular formula is C22H26O9. The number of ether oxygens (including phenoxy) is 3. The molecule has 0 spiro atoms. The van der Waals surface area contributed by atoms with E-state index in [9.17, 15) is 25.2 Å². The topological polar surface area (TPSA) is 146 Å². The van der Waals surface area contributed by atoms with E-state index in [1.165, 1.54) is 26.4 Å². The largest absolute Gasteiger partial charge is 0.496 e. The van der Waals surface area contributed by atoms with Crippen molar-refractivity contribution in [3.05, 3.63) is 58.7 Å². The van der Waals surface area contributed by atoms with Gasteiger partial charge in [0, 0.05) is 17.5 Å². The fraction of sp³-hybridized carbons (Fsp3) is 0.409. The molecule has 0 saturated carbocycles. The van der Waals surface area contributed by atoms with Crippen molar-refractivity contribution in [2.24, 2.45) is 0 Å². The van der Waals surface area contributed by atoms with Gasteiger partial charge in [-0.15, -0.1) is 0 Å². The van der Waals surface area contributed by atoms with Crippen LogP contribution < -0.4 is 9.47 Å². The van der Waals surface area contributed by atoms with Crippen molar-refractivity contribution in [2.75, 3.05) is 20.8 Å². The Morgan fingerprint density at radius 2 is 1.61 bits per heavy atom. The summed E-state index contributed by atoms with van der Waals surface area (Å²) in [4.78, 5) is 11.0. The Labute approximate surface area is 179 Å². The number of rotatable bonds is 7. The van der Waals surface area contributed by atoms with Crippen molar-refractivity contribution in [1.82, 2.24) is 0 Å². The van der Waals surface area contributed by atoms with Crippen molar-refractivity contribution >= 4 is 5.97 Å².